The molecule has 2 aromatic carbocycles. The molecule has 0 saturated carbocycles. The second-order valence-corrected chi connectivity index (χ2v) is 6.40. The number of fused-ring (bicyclic) bond motifs is 3. The van der Waals surface area contributed by atoms with E-state index in [2.05, 4.69) is 15.4 Å². The van der Waals surface area contributed by atoms with Crippen molar-refractivity contribution in [3.8, 4) is 5.75 Å². The lowest BCUT2D eigenvalue weighted by molar-refractivity contribution is -0.117. The minimum atomic E-state index is -0.409. The zero-order valence-electron chi connectivity index (χ0n) is 15.5. The second-order valence-electron chi connectivity index (χ2n) is 6.40. The number of hydrogen-bond donors (Lipinski definition) is 1. The number of carbonyl (C=O) groups excluding carboxylic acids is 1. The van der Waals surface area contributed by atoms with E-state index in [9.17, 15) is 9.59 Å². The van der Waals surface area contributed by atoms with Gasteiger partial charge in [-0.25, -0.2) is 18.9 Å². The van der Waals surface area contributed by atoms with E-state index in [0.717, 1.165) is 26.9 Å². The Balaban J connectivity index is 1.59. The van der Waals surface area contributed by atoms with Crippen LogP contribution < -0.4 is 15.7 Å². The summed E-state index contributed by atoms with van der Waals surface area (Å²) in [6, 6.07) is 12.8. The Morgan fingerprint density at radius 1 is 1.18 bits per heavy atom. The average molecular weight is 377 g/mol. The van der Waals surface area contributed by atoms with Crippen LogP contribution >= 0.6 is 0 Å². The lowest BCUT2D eigenvalue weighted by Crippen LogP contribution is -2.28. The van der Waals surface area contributed by atoms with Crippen molar-refractivity contribution < 1.29 is 9.53 Å². The summed E-state index contributed by atoms with van der Waals surface area (Å²) in [5.74, 6) is 0.384. The predicted octanol–water partition coefficient (Wildman–Crippen LogP) is 2.39. The average Bonchev–Trinajstić information content (AvgIpc) is 2.99. The Kier molecular flexibility index (Phi) is 4.52. The summed E-state index contributed by atoms with van der Waals surface area (Å²) >= 11 is 0. The first-order chi connectivity index (χ1) is 13.5. The molecule has 28 heavy (non-hydrogen) atoms. The molecule has 0 fully saturated rings. The molecule has 1 amide bonds. The van der Waals surface area contributed by atoms with Gasteiger partial charge in [0.15, 0.2) is 5.65 Å². The van der Waals surface area contributed by atoms with Gasteiger partial charge in [0.25, 0.3) is 0 Å². The molecule has 8 heteroatoms. The first kappa shape index (κ1) is 17.7. The maximum absolute atomic E-state index is 12.6. The quantitative estimate of drug-likeness (QED) is 0.577. The summed E-state index contributed by atoms with van der Waals surface area (Å²) in [5, 5.41) is 7.88. The first-order valence-corrected chi connectivity index (χ1v) is 8.92. The molecule has 0 aliphatic heterocycles. The van der Waals surface area contributed by atoms with Crippen LogP contribution in [-0.4, -0.2) is 31.7 Å². The van der Waals surface area contributed by atoms with Gasteiger partial charge in [0.1, 0.15) is 18.6 Å². The summed E-state index contributed by atoms with van der Waals surface area (Å²) in [6.45, 7) is 4.25. The number of aromatic nitrogens is 4. The number of nitrogens with one attached hydrogen (secondary N) is 1. The molecule has 4 aromatic rings. The molecule has 1 N–H and O–H groups in total. The van der Waals surface area contributed by atoms with Crippen molar-refractivity contribution in [1.82, 2.24) is 19.2 Å². The largest absolute Gasteiger partial charge is 0.494 e. The fraction of sp³-hybridized carbons (Fsp3) is 0.200. The van der Waals surface area contributed by atoms with E-state index in [-0.39, 0.29) is 12.5 Å². The van der Waals surface area contributed by atoms with Gasteiger partial charge in [0, 0.05) is 11.1 Å². The van der Waals surface area contributed by atoms with E-state index in [4.69, 9.17) is 4.74 Å². The number of rotatable bonds is 5. The van der Waals surface area contributed by atoms with Gasteiger partial charge in [-0.15, -0.1) is 5.10 Å². The number of benzene rings is 2. The lowest BCUT2D eigenvalue weighted by Gasteiger charge is -2.06. The number of hydrogen-bond acceptors (Lipinski definition) is 5. The van der Waals surface area contributed by atoms with Crippen LogP contribution in [0.3, 0.4) is 0 Å². The Morgan fingerprint density at radius 3 is 2.71 bits per heavy atom. The van der Waals surface area contributed by atoms with Gasteiger partial charge in [0.05, 0.1) is 12.1 Å². The first-order valence-electron chi connectivity index (χ1n) is 8.92. The molecular formula is C20H19N5O3. The Morgan fingerprint density at radius 2 is 1.96 bits per heavy atom. The molecule has 0 spiro atoms. The molecule has 0 radical (unpaired) electrons. The molecule has 142 valence electrons. The van der Waals surface area contributed by atoms with Crippen molar-refractivity contribution in [2.75, 3.05) is 11.9 Å². The number of aryl methyl sites for hydroxylation is 1. The van der Waals surface area contributed by atoms with Crippen LogP contribution in [0, 0.1) is 6.92 Å². The van der Waals surface area contributed by atoms with E-state index in [0.29, 0.717) is 17.9 Å². The Bertz CT molecular complexity index is 1220. The van der Waals surface area contributed by atoms with Crippen molar-refractivity contribution >= 4 is 28.1 Å². The zero-order chi connectivity index (χ0) is 19.7. The SMILES string of the molecule is CCOc1ccc(NC(=O)Cn2nc3c4cc(C)ccc4ncn3c2=O)cc1. The monoisotopic (exact) mass is 377 g/mol. The van der Waals surface area contributed by atoms with Crippen molar-refractivity contribution in [3.63, 3.8) is 0 Å². The molecule has 0 aliphatic carbocycles. The van der Waals surface area contributed by atoms with E-state index in [1.807, 2.05) is 32.0 Å². The minimum absolute atomic E-state index is 0.193. The summed E-state index contributed by atoms with van der Waals surface area (Å²) < 4.78 is 7.87. The molecular weight excluding hydrogens is 358 g/mol. The van der Waals surface area contributed by atoms with E-state index >= 15 is 0 Å². The lowest BCUT2D eigenvalue weighted by atomic mass is 10.2. The van der Waals surface area contributed by atoms with Gasteiger partial charge in [-0.1, -0.05) is 11.6 Å². The topological polar surface area (TPSA) is 90.5 Å². The fourth-order valence-electron chi connectivity index (χ4n) is 3.01. The van der Waals surface area contributed by atoms with E-state index < -0.39 is 5.69 Å². The van der Waals surface area contributed by atoms with Gasteiger partial charge in [0.2, 0.25) is 5.91 Å². The fourth-order valence-corrected chi connectivity index (χ4v) is 3.01. The van der Waals surface area contributed by atoms with Crippen LogP contribution in [0.15, 0.2) is 53.6 Å². The maximum Gasteiger partial charge on any atom is 0.352 e. The van der Waals surface area contributed by atoms with Crippen molar-refractivity contribution in [2.45, 2.75) is 20.4 Å². The summed E-state index contributed by atoms with van der Waals surface area (Å²) in [4.78, 5) is 29.3. The predicted molar refractivity (Wildman–Crippen MR) is 106 cm³/mol. The molecule has 0 unspecified atom stereocenters. The highest BCUT2D eigenvalue weighted by Crippen LogP contribution is 2.17. The summed E-state index contributed by atoms with van der Waals surface area (Å²) in [7, 11) is 0. The van der Waals surface area contributed by atoms with Crippen LogP contribution in [-0.2, 0) is 11.3 Å². The third-order valence-electron chi connectivity index (χ3n) is 4.32. The van der Waals surface area contributed by atoms with Crippen LogP contribution in [0.25, 0.3) is 16.6 Å². The maximum atomic E-state index is 12.6. The van der Waals surface area contributed by atoms with Crippen LogP contribution in [0.5, 0.6) is 5.75 Å². The summed E-state index contributed by atoms with van der Waals surface area (Å²) in [6.07, 6.45) is 1.43. The number of anilines is 1. The molecule has 0 bridgehead atoms. The smallest absolute Gasteiger partial charge is 0.352 e. The van der Waals surface area contributed by atoms with E-state index in [1.165, 1.54) is 10.7 Å². The highest BCUT2D eigenvalue weighted by Gasteiger charge is 2.14. The molecule has 0 saturated heterocycles. The molecule has 0 aliphatic rings. The highest BCUT2D eigenvalue weighted by molar-refractivity contribution is 5.92. The van der Waals surface area contributed by atoms with Crippen molar-refractivity contribution in [1.29, 1.82) is 0 Å². The second kappa shape index (κ2) is 7.15. The van der Waals surface area contributed by atoms with Crippen LogP contribution in [0.2, 0.25) is 0 Å². The number of amides is 1. The standard InChI is InChI=1S/C20H19N5O3/c1-3-28-15-7-5-14(6-8-15)22-18(26)11-25-20(27)24-12-21-17-9-4-13(2)10-16(17)19(24)23-25/h4-10,12H,3,11H2,1-2H3,(H,22,26). The normalized spacial score (nSPS) is 11.1. The molecule has 8 nitrogen and oxygen atoms in total. The molecule has 0 atom stereocenters. The third-order valence-corrected chi connectivity index (χ3v) is 4.32. The Hall–Kier alpha value is -3.68. The minimum Gasteiger partial charge on any atom is -0.494 e. The van der Waals surface area contributed by atoms with Gasteiger partial charge in [-0.2, -0.15) is 0 Å². The Labute approximate surface area is 160 Å². The van der Waals surface area contributed by atoms with Gasteiger partial charge < -0.3 is 10.1 Å². The zero-order valence-corrected chi connectivity index (χ0v) is 15.5. The molecule has 2 heterocycles. The van der Waals surface area contributed by atoms with Gasteiger partial charge >= 0.3 is 5.69 Å². The van der Waals surface area contributed by atoms with Crippen LogP contribution in [0.1, 0.15) is 12.5 Å². The number of nitrogens with zero attached hydrogens (tertiary/aromatic N) is 4. The number of ether oxygens (including phenoxy) is 1. The highest BCUT2D eigenvalue weighted by atomic mass is 16.5. The van der Waals surface area contributed by atoms with Crippen molar-refractivity contribution in [3.05, 3.63) is 64.8 Å². The number of carbonyl (C=O) groups is 1. The van der Waals surface area contributed by atoms with Gasteiger partial charge in [-0.05, 0) is 50.2 Å². The van der Waals surface area contributed by atoms with Gasteiger partial charge in [-0.3, -0.25) is 4.79 Å². The summed E-state index contributed by atoms with van der Waals surface area (Å²) in [5.41, 5.74) is 2.47. The molecule has 2 aromatic heterocycles. The third kappa shape index (κ3) is 3.32. The molecule has 4 rings (SSSR count). The van der Waals surface area contributed by atoms with Crippen LogP contribution in [0.4, 0.5) is 5.69 Å². The van der Waals surface area contributed by atoms with E-state index in [1.54, 1.807) is 24.3 Å². The van der Waals surface area contributed by atoms with Crippen molar-refractivity contribution in [2.24, 2.45) is 0 Å².